The van der Waals surface area contributed by atoms with Gasteiger partial charge in [-0.3, -0.25) is 4.98 Å². The van der Waals surface area contributed by atoms with Crippen molar-refractivity contribution >= 4 is 28.5 Å². The number of rotatable bonds is 5. The lowest BCUT2D eigenvalue weighted by atomic mass is 9.93. The van der Waals surface area contributed by atoms with Crippen LogP contribution >= 0.6 is 11.6 Å². The zero-order chi connectivity index (χ0) is 22.1. The van der Waals surface area contributed by atoms with Crippen molar-refractivity contribution in [3.05, 3.63) is 47.3 Å². The van der Waals surface area contributed by atoms with Gasteiger partial charge in [0, 0.05) is 29.6 Å². The van der Waals surface area contributed by atoms with Gasteiger partial charge in [0.25, 0.3) is 0 Å². The molecule has 0 aliphatic carbocycles. The fourth-order valence-electron chi connectivity index (χ4n) is 3.94. The van der Waals surface area contributed by atoms with Crippen LogP contribution in [0.25, 0.3) is 22.2 Å². The molecule has 6 nitrogen and oxygen atoms in total. The van der Waals surface area contributed by atoms with E-state index in [1.165, 1.54) is 6.07 Å². The Morgan fingerprint density at radius 2 is 2.03 bits per heavy atom. The number of alkyl halides is 1. The predicted octanol–water partition coefficient (Wildman–Crippen LogP) is 4.39. The highest BCUT2D eigenvalue weighted by molar-refractivity contribution is 6.17. The fraction of sp³-hybridized carbons (Fsp3) is 0.409. The molecule has 1 aliphatic heterocycles. The average molecular weight is 449 g/mol. The molecule has 1 aliphatic rings. The lowest BCUT2D eigenvalue weighted by molar-refractivity contribution is -0.0136. The number of hydrogen-bond donors (Lipinski definition) is 2. The van der Waals surface area contributed by atoms with Gasteiger partial charge in [-0.25, -0.2) is 18.7 Å². The van der Waals surface area contributed by atoms with Gasteiger partial charge in [-0.2, -0.15) is 0 Å². The van der Waals surface area contributed by atoms with E-state index in [0.717, 1.165) is 17.3 Å². The minimum Gasteiger partial charge on any atom is -0.389 e. The zero-order valence-electron chi connectivity index (χ0n) is 17.2. The number of aliphatic hydroxyl groups is 1. The van der Waals surface area contributed by atoms with E-state index < -0.39 is 17.7 Å². The van der Waals surface area contributed by atoms with E-state index in [1.54, 1.807) is 12.3 Å². The maximum Gasteiger partial charge on any atom is 0.223 e. The van der Waals surface area contributed by atoms with Crippen molar-refractivity contribution in [3.63, 3.8) is 0 Å². The molecule has 1 fully saturated rings. The summed E-state index contributed by atoms with van der Waals surface area (Å²) in [6.45, 7) is 4.67. The Labute approximate surface area is 183 Å². The summed E-state index contributed by atoms with van der Waals surface area (Å²) < 4.78 is 34.8. The maximum atomic E-state index is 14.9. The number of ether oxygens (including phenoxy) is 1. The predicted molar refractivity (Wildman–Crippen MR) is 115 cm³/mol. The van der Waals surface area contributed by atoms with E-state index >= 15 is 0 Å². The monoisotopic (exact) mass is 448 g/mol. The molecule has 0 unspecified atom stereocenters. The molecule has 1 aromatic carbocycles. The van der Waals surface area contributed by atoms with Crippen LogP contribution in [0.3, 0.4) is 0 Å². The highest BCUT2D eigenvalue weighted by Gasteiger charge is 2.25. The van der Waals surface area contributed by atoms with E-state index in [0.29, 0.717) is 18.4 Å². The van der Waals surface area contributed by atoms with Gasteiger partial charge < -0.3 is 15.2 Å². The topological polar surface area (TPSA) is 80.2 Å². The first kappa shape index (κ1) is 21.8. The summed E-state index contributed by atoms with van der Waals surface area (Å²) in [4.78, 5) is 12.5. The smallest absolute Gasteiger partial charge is 0.223 e. The average Bonchev–Trinajstić information content (AvgIpc) is 2.75. The number of halogens is 3. The van der Waals surface area contributed by atoms with Crippen molar-refractivity contribution in [1.82, 2.24) is 15.0 Å². The maximum absolute atomic E-state index is 14.9. The number of aliphatic hydroxyl groups excluding tert-OH is 1. The van der Waals surface area contributed by atoms with Crippen LogP contribution < -0.4 is 5.32 Å². The molecule has 164 valence electrons. The number of nitrogens with zero attached hydrogens (tertiary/aromatic N) is 3. The standard InChI is InChI=1S/C22H23ClF2N4O2/c1-11(2)19-13(7-23)8-26-21-14(19)5-12(6-15(21)24)20-16(25)9-27-22(29-20)28-17-3-4-31-10-18(17)30/h5-6,8-9,11,17-18,30H,3-4,7,10H2,1-2H3,(H,27,28,29)/t17-,18-/m1/s1. The molecule has 0 bridgehead atoms. The zero-order valence-corrected chi connectivity index (χ0v) is 18.0. The Morgan fingerprint density at radius 1 is 1.23 bits per heavy atom. The Morgan fingerprint density at radius 3 is 2.74 bits per heavy atom. The number of hydrogen-bond acceptors (Lipinski definition) is 6. The number of benzene rings is 1. The van der Waals surface area contributed by atoms with Gasteiger partial charge in [0.1, 0.15) is 17.0 Å². The molecule has 4 rings (SSSR count). The van der Waals surface area contributed by atoms with Gasteiger partial charge in [-0.1, -0.05) is 13.8 Å². The normalized spacial score (nSPS) is 19.2. The Kier molecular flexibility index (Phi) is 6.31. The van der Waals surface area contributed by atoms with Gasteiger partial charge in [0.15, 0.2) is 5.82 Å². The molecule has 31 heavy (non-hydrogen) atoms. The third kappa shape index (κ3) is 4.33. The summed E-state index contributed by atoms with van der Waals surface area (Å²) in [5.41, 5.74) is 2.12. The van der Waals surface area contributed by atoms with Gasteiger partial charge in [-0.15, -0.1) is 11.6 Å². The summed E-state index contributed by atoms with van der Waals surface area (Å²) in [7, 11) is 0. The third-order valence-electron chi connectivity index (χ3n) is 5.43. The van der Waals surface area contributed by atoms with Crippen LogP contribution in [0.1, 0.15) is 37.3 Å². The molecule has 0 saturated carbocycles. The number of anilines is 1. The summed E-state index contributed by atoms with van der Waals surface area (Å²) in [5, 5.41) is 13.7. The lowest BCUT2D eigenvalue weighted by Crippen LogP contribution is -2.42. The van der Waals surface area contributed by atoms with Crippen molar-refractivity contribution < 1.29 is 18.6 Å². The highest BCUT2D eigenvalue weighted by Crippen LogP contribution is 2.34. The molecule has 1 saturated heterocycles. The summed E-state index contributed by atoms with van der Waals surface area (Å²) in [5.74, 6) is -0.783. The molecule has 3 heterocycles. The van der Waals surface area contributed by atoms with Crippen LogP contribution in [0.15, 0.2) is 24.5 Å². The van der Waals surface area contributed by atoms with Gasteiger partial charge in [0.05, 0.1) is 24.9 Å². The molecule has 2 aromatic heterocycles. The molecule has 2 N–H and O–H groups in total. The Bertz CT molecular complexity index is 1110. The Balaban J connectivity index is 1.80. The van der Waals surface area contributed by atoms with Crippen LogP contribution in [-0.4, -0.2) is 45.4 Å². The fourth-order valence-corrected chi connectivity index (χ4v) is 4.15. The summed E-state index contributed by atoms with van der Waals surface area (Å²) in [6, 6.07) is 2.59. The van der Waals surface area contributed by atoms with E-state index in [1.807, 2.05) is 13.8 Å². The molecule has 3 aromatic rings. The SMILES string of the molecule is CC(C)c1c(CCl)cnc2c(F)cc(-c3nc(N[C@@H]4CCOC[C@H]4O)ncc3F)cc12. The first-order chi connectivity index (χ1) is 14.9. The number of nitrogens with one attached hydrogen (secondary N) is 1. The lowest BCUT2D eigenvalue weighted by Gasteiger charge is -2.28. The minimum atomic E-state index is -0.724. The first-order valence-corrected chi connectivity index (χ1v) is 10.6. The van der Waals surface area contributed by atoms with E-state index in [2.05, 4.69) is 20.3 Å². The van der Waals surface area contributed by atoms with Crippen LogP contribution in [0.4, 0.5) is 14.7 Å². The van der Waals surface area contributed by atoms with E-state index in [9.17, 15) is 13.9 Å². The number of aromatic nitrogens is 3. The highest BCUT2D eigenvalue weighted by atomic mass is 35.5. The number of pyridine rings is 1. The van der Waals surface area contributed by atoms with Crippen molar-refractivity contribution in [1.29, 1.82) is 0 Å². The molecule has 0 radical (unpaired) electrons. The van der Waals surface area contributed by atoms with E-state index in [-0.39, 0.29) is 47.2 Å². The van der Waals surface area contributed by atoms with E-state index in [4.69, 9.17) is 16.3 Å². The summed E-state index contributed by atoms with van der Waals surface area (Å²) >= 11 is 6.07. The second-order valence-electron chi connectivity index (χ2n) is 7.91. The van der Waals surface area contributed by atoms with Crippen molar-refractivity contribution in [2.45, 2.75) is 44.2 Å². The largest absolute Gasteiger partial charge is 0.389 e. The van der Waals surface area contributed by atoms with Crippen molar-refractivity contribution in [2.75, 3.05) is 18.5 Å². The summed E-state index contributed by atoms with van der Waals surface area (Å²) in [6.07, 6.45) is 2.46. The second-order valence-corrected chi connectivity index (χ2v) is 8.18. The third-order valence-corrected chi connectivity index (χ3v) is 5.72. The first-order valence-electron chi connectivity index (χ1n) is 10.1. The molecular formula is C22H23ClF2N4O2. The second kappa shape index (κ2) is 8.98. The Hall–Kier alpha value is -2.42. The molecule has 0 amide bonds. The quantitative estimate of drug-likeness (QED) is 0.563. The number of fused-ring (bicyclic) bond motifs is 1. The molecule has 0 spiro atoms. The van der Waals surface area contributed by atoms with Gasteiger partial charge >= 0.3 is 0 Å². The van der Waals surface area contributed by atoms with Gasteiger partial charge in [-0.05, 0) is 35.6 Å². The van der Waals surface area contributed by atoms with Crippen LogP contribution in [-0.2, 0) is 10.6 Å². The molecular weight excluding hydrogens is 426 g/mol. The van der Waals surface area contributed by atoms with Crippen molar-refractivity contribution in [3.8, 4) is 11.3 Å². The van der Waals surface area contributed by atoms with Crippen LogP contribution in [0.2, 0.25) is 0 Å². The minimum absolute atomic E-state index is 0.0363. The molecule has 2 atom stereocenters. The van der Waals surface area contributed by atoms with Crippen molar-refractivity contribution in [2.24, 2.45) is 0 Å². The van der Waals surface area contributed by atoms with Crippen LogP contribution in [0, 0.1) is 11.6 Å². The molecule has 9 heteroatoms. The van der Waals surface area contributed by atoms with Crippen LogP contribution in [0.5, 0.6) is 0 Å². The van der Waals surface area contributed by atoms with Gasteiger partial charge in [0.2, 0.25) is 5.95 Å².